The van der Waals surface area contributed by atoms with Crippen LogP contribution < -0.4 is 5.32 Å². The number of hydrogen-bond donors (Lipinski definition) is 1. The molecule has 158 valence electrons. The highest BCUT2D eigenvalue weighted by Crippen LogP contribution is 2.65. The van der Waals surface area contributed by atoms with Crippen molar-refractivity contribution in [3.63, 3.8) is 0 Å². The highest BCUT2D eigenvalue weighted by molar-refractivity contribution is 5.77. The van der Waals surface area contributed by atoms with Gasteiger partial charge in [-0.1, -0.05) is 27.7 Å². The van der Waals surface area contributed by atoms with Gasteiger partial charge in [-0.05, 0) is 73.5 Å². The lowest BCUT2D eigenvalue weighted by Crippen LogP contribution is -2.61. The maximum Gasteiger partial charge on any atom is 0.309 e. The van der Waals surface area contributed by atoms with Gasteiger partial charge in [-0.25, -0.2) is 0 Å². The molecular formula is C24H39NO3. The standard InChI is InChI=1S/C20H31NO3.C2H6.C2H2/c1-19-10-8-14-12(13(19)5-6-15(19)18(23)24-3)4-7-16-20(14,2)11-9-17(22)21-16;2*1-2/h12-16H,4-11H2,1-3H3,(H,21,22);1-2H3;1-2H. The minimum Gasteiger partial charge on any atom is -0.469 e. The van der Waals surface area contributed by atoms with Crippen LogP contribution in [0.2, 0.25) is 0 Å². The lowest BCUT2D eigenvalue weighted by molar-refractivity contribution is -0.155. The summed E-state index contributed by atoms with van der Waals surface area (Å²) in [6.07, 6.45) is 16.5. The maximum atomic E-state index is 12.3. The lowest BCUT2D eigenvalue weighted by atomic mass is 9.47. The lowest BCUT2D eigenvalue weighted by Gasteiger charge is -2.60. The molecule has 0 radical (unpaired) electrons. The number of fused-ring (bicyclic) bond motifs is 5. The van der Waals surface area contributed by atoms with Crippen molar-refractivity contribution in [1.82, 2.24) is 5.32 Å². The number of rotatable bonds is 1. The maximum absolute atomic E-state index is 12.3. The Bertz CT molecular complexity index is 600. The minimum absolute atomic E-state index is 0.00303. The molecule has 4 rings (SSSR count). The Balaban J connectivity index is 0.000000660. The zero-order valence-electron chi connectivity index (χ0n) is 18.4. The molecule has 1 aliphatic heterocycles. The first-order valence-electron chi connectivity index (χ1n) is 11.1. The second-order valence-electron chi connectivity index (χ2n) is 9.28. The molecule has 4 fully saturated rings. The minimum atomic E-state index is 0.00303. The van der Waals surface area contributed by atoms with Crippen molar-refractivity contribution in [1.29, 1.82) is 0 Å². The largest absolute Gasteiger partial charge is 0.469 e. The molecule has 0 spiro atoms. The van der Waals surface area contributed by atoms with Gasteiger partial charge in [-0.3, -0.25) is 9.59 Å². The number of amides is 1. The molecule has 4 heteroatoms. The van der Waals surface area contributed by atoms with E-state index in [0.29, 0.717) is 24.3 Å². The fraction of sp³-hybridized carbons (Fsp3) is 0.833. The van der Waals surface area contributed by atoms with Crippen molar-refractivity contribution in [2.45, 2.75) is 85.1 Å². The number of methoxy groups -OCH3 is 1. The van der Waals surface area contributed by atoms with Crippen molar-refractivity contribution in [3.05, 3.63) is 0 Å². The predicted octanol–water partition coefficient (Wildman–Crippen LogP) is 4.57. The fourth-order valence-electron chi connectivity index (χ4n) is 7.23. The average Bonchev–Trinajstić information content (AvgIpc) is 3.08. The third-order valence-electron chi connectivity index (χ3n) is 8.58. The molecule has 0 aromatic heterocycles. The summed E-state index contributed by atoms with van der Waals surface area (Å²) in [4.78, 5) is 24.1. The van der Waals surface area contributed by atoms with Gasteiger partial charge in [0.15, 0.2) is 0 Å². The first-order valence-corrected chi connectivity index (χ1v) is 11.1. The zero-order valence-corrected chi connectivity index (χ0v) is 18.4. The molecule has 1 amide bonds. The SMILES string of the molecule is C#C.CC.COC(=O)C1CCC2C3CCC4NC(=O)CCC4(C)C3CCC12C. The van der Waals surface area contributed by atoms with Gasteiger partial charge in [0, 0.05) is 12.5 Å². The molecule has 7 unspecified atom stereocenters. The summed E-state index contributed by atoms with van der Waals surface area (Å²) in [6, 6.07) is 0.363. The molecule has 1 saturated heterocycles. The van der Waals surface area contributed by atoms with Crippen LogP contribution in [-0.4, -0.2) is 25.0 Å². The number of nitrogens with one attached hydrogen (secondary N) is 1. The Morgan fingerprint density at radius 1 is 1.00 bits per heavy atom. The summed E-state index contributed by atoms with van der Waals surface area (Å²) in [6.45, 7) is 8.77. The van der Waals surface area contributed by atoms with Crippen LogP contribution >= 0.6 is 0 Å². The zero-order chi connectivity index (χ0) is 21.1. The van der Waals surface area contributed by atoms with E-state index in [1.165, 1.54) is 26.4 Å². The first kappa shape index (κ1) is 22.8. The molecular weight excluding hydrogens is 350 g/mol. The number of ether oxygens (including phenoxy) is 1. The summed E-state index contributed by atoms with van der Waals surface area (Å²) in [5.74, 6) is 2.40. The monoisotopic (exact) mass is 389 g/mol. The molecule has 4 nitrogen and oxygen atoms in total. The Labute approximate surface area is 171 Å². The topological polar surface area (TPSA) is 55.4 Å². The van der Waals surface area contributed by atoms with Crippen molar-refractivity contribution < 1.29 is 14.3 Å². The molecule has 0 bridgehead atoms. The summed E-state index contributed by atoms with van der Waals surface area (Å²) in [5, 5.41) is 3.28. The predicted molar refractivity (Wildman–Crippen MR) is 112 cm³/mol. The number of hydrogen-bond acceptors (Lipinski definition) is 3. The van der Waals surface area contributed by atoms with Gasteiger partial charge in [0.05, 0.1) is 13.0 Å². The van der Waals surface area contributed by atoms with Crippen LogP contribution in [0.5, 0.6) is 0 Å². The van der Waals surface area contributed by atoms with Crippen LogP contribution in [0.25, 0.3) is 0 Å². The number of piperidine rings is 1. The molecule has 1 N–H and O–H groups in total. The highest BCUT2D eigenvalue weighted by Gasteiger charge is 2.61. The van der Waals surface area contributed by atoms with Gasteiger partial charge in [-0.15, -0.1) is 12.8 Å². The van der Waals surface area contributed by atoms with Crippen LogP contribution in [0.3, 0.4) is 0 Å². The molecule has 3 saturated carbocycles. The van der Waals surface area contributed by atoms with E-state index in [2.05, 4.69) is 32.0 Å². The van der Waals surface area contributed by atoms with E-state index in [1.54, 1.807) is 0 Å². The number of terminal acetylenes is 1. The number of carbonyl (C=O) groups is 2. The third kappa shape index (κ3) is 3.46. The van der Waals surface area contributed by atoms with Gasteiger partial charge in [0.25, 0.3) is 0 Å². The Morgan fingerprint density at radius 3 is 2.29 bits per heavy atom. The van der Waals surface area contributed by atoms with Gasteiger partial charge >= 0.3 is 5.97 Å². The first-order chi connectivity index (χ1) is 13.4. The van der Waals surface area contributed by atoms with Crippen LogP contribution in [0.1, 0.15) is 79.1 Å². The fourth-order valence-corrected chi connectivity index (χ4v) is 7.23. The average molecular weight is 390 g/mol. The molecule has 0 aromatic carbocycles. The summed E-state index contributed by atoms with van der Waals surface area (Å²) < 4.78 is 5.12. The quantitative estimate of drug-likeness (QED) is 0.528. The van der Waals surface area contributed by atoms with Crippen molar-refractivity contribution in [3.8, 4) is 12.8 Å². The summed E-state index contributed by atoms with van der Waals surface area (Å²) in [5.41, 5.74) is 0.372. The Morgan fingerprint density at radius 2 is 1.64 bits per heavy atom. The van der Waals surface area contributed by atoms with E-state index >= 15 is 0 Å². The smallest absolute Gasteiger partial charge is 0.309 e. The second-order valence-corrected chi connectivity index (χ2v) is 9.28. The summed E-state index contributed by atoms with van der Waals surface area (Å²) >= 11 is 0. The van der Waals surface area contributed by atoms with Gasteiger partial charge < -0.3 is 10.1 Å². The van der Waals surface area contributed by atoms with Crippen molar-refractivity contribution in [2.24, 2.45) is 34.5 Å². The Kier molecular flexibility index (Phi) is 7.23. The second kappa shape index (κ2) is 8.89. The van der Waals surface area contributed by atoms with E-state index in [1.807, 2.05) is 13.8 Å². The molecule has 3 aliphatic carbocycles. The van der Waals surface area contributed by atoms with E-state index in [9.17, 15) is 9.59 Å². The van der Waals surface area contributed by atoms with E-state index in [4.69, 9.17) is 4.74 Å². The van der Waals surface area contributed by atoms with Crippen LogP contribution in [0.4, 0.5) is 0 Å². The molecule has 0 aromatic rings. The molecule has 1 heterocycles. The van der Waals surface area contributed by atoms with E-state index in [0.717, 1.165) is 31.6 Å². The van der Waals surface area contributed by atoms with Gasteiger partial charge in [0.2, 0.25) is 5.91 Å². The summed E-state index contributed by atoms with van der Waals surface area (Å²) in [7, 11) is 1.53. The van der Waals surface area contributed by atoms with Crippen LogP contribution in [0, 0.1) is 47.3 Å². The molecule has 7 atom stereocenters. The normalized spacial score (nSPS) is 43.4. The highest BCUT2D eigenvalue weighted by atomic mass is 16.5. The van der Waals surface area contributed by atoms with E-state index in [-0.39, 0.29) is 28.6 Å². The van der Waals surface area contributed by atoms with Gasteiger partial charge in [0.1, 0.15) is 0 Å². The van der Waals surface area contributed by atoms with Crippen LogP contribution in [-0.2, 0) is 14.3 Å². The van der Waals surface area contributed by atoms with Crippen molar-refractivity contribution in [2.75, 3.05) is 7.11 Å². The number of esters is 1. The Hall–Kier alpha value is -1.50. The van der Waals surface area contributed by atoms with Crippen molar-refractivity contribution >= 4 is 11.9 Å². The van der Waals surface area contributed by atoms with Crippen LogP contribution in [0.15, 0.2) is 0 Å². The molecule has 28 heavy (non-hydrogen) atoms. The van der Waals surface area contributed by atoms with Gasteiger partial charge in [-0.2, -0.15) is 0 Å². The van der Waals surface area contributed by atoms with E-state index < -0.39 is 0 Å². The molecule has 4 aliphatic rings. The number of carbonyl (C=O) groups excluding carboxylic acids is 2. The third-order valence-corrected chi connectivity index (χ3v) is 8.58.